The van der Waals surface area contributed by atoms with E-state index in [1.807, 2.05) is 13.8 Å². The molecule has 1 atom stereocenters. The van der Waals surface area contributed by atoms with Crippen LogP contribution in [-0.4, -0.2) is 35.0 Å². The fourth-order valence-corrected chi connectivity index (χ4v) is 2.71. The van der Waals surface area contributed by atoms with Crippen molar-refractivity contribution in [3.05, 3.63) is 27.0 Å². The van der Waals surface area contributed by atoms with Crippen molar-refractivity contribution in [1.29, 1.82) is 0 Å². The number of nitro groups is 1. The lowest BCUT2D eigenvalue weighted by atomic mass is 10.0. The van der Waals surface area contributed by atoms with Gasteiger partial charge in [0.1, 0.15) is 16.5 Å². The van der Waals surface area contributed by atoms with Crippen LogP contribution in [0.15, 0.2) is 16.9 Å². The maximum atomic E-state index is 11.1. The van der Waals surface area contributed by atoms with Crippen LogP contribution in [0.5, 0.6) is 0 Å². The lowest BCUT2D eigenvalue weighted by Gasteiger charge is -2.29. The SMILES string of the molecule is CC(C)(CCOC1CCCCO1)Nc1cc(Br)ncc1[N+](=O)[O-]. The van der Waals surface area contributed by atoms with Crippen LogP contribution >= 0.6 is 15.9 Å². The predicted octanol–water partition coefficient (Wildman–Crippen LogP) is 3.88. The van der Waals surface area contributed by atoms with Gasteiger partial charge in [0.2, 0.25) is 0 Å². The normalized spacial score (nSPS) is 18.7. The molecule has 1 saturated heterocycles. The molecule has 1 N–H and O–H groups in total. The second-order valence-electron chi connectivity index (χ2n) is 6.21. The molecule has 1 aromatic rings. The van der Waals surface area contributed by atoms with Gasteiger partial charge in [0.25, 0.3) is 0 Å². The Kier molecular flexibility index (Phi) is 6.32. The van der Waals surface area contributed by atoms with Gasteiger partial charge in [-0.15, -0.1) is 0 Å². The summed E-state index contributed by atoms with van der Waals surface area (Å²) >= 11 is 3.24. The maximum Gasteiger partial charge on any atom is 0.310 e. The van der Waals surface area contributed by atoms with Crippen LogP contribution in [-0.2, 0) is 9.47 Å². The zero-order valence-corrected chi connectivity index (χ0v) is 15.0. The molecule has 2 rings (SSSR count). The standard InChI is InChI=1S/C15H22BrN3O4/c1-15(2,6-8-23-14-5-3-4-7-22-14)18-11-9-13(16)17-10-12(11)19(20)21/h9-10,14H,3-8H2,1-2H3,(H,17,18). The summed E-state index contributed by atoms with van der Waals surface area (Å²) < 4.78 is 11.8. The van der Waals surface area contributed by atoms with E-state index in [0.29, 0.717) is 23.3 Å². The highest BCUT2D eigenvalue weighted by Gasteiger charge is 2.24. The van der Waals surface area contributed by atoms with Crippen molar-refractivity contribution in [2.75, 3.05) is 18.5 Å². The van der Waals surface area contributed by atoms with E-state index in [-0.39, 0.29) is 17.5 Å². The summed E-state index contributed by atoms with van der Waals surface area (Å²) in [7, 11) is 0. The number of rotatable bonds is 7. The molecule has 0 aliphatic carbocycles. The second-order valence-corrected chi connectivity index (χ2v) is 7.02. The highest BCUT2D eigenvalue weighted by Crippen LogP contribution is 2.29. The third kappa shape index (κ3) is 5.71. The third-order valence-electron chi connectivity index (χ3n) is 3.69. The van der Waals surface area contributed by atoms with Gasteiger partial charge < -0.3 is 14.8 Å². The van der Waals surface area contributed by atoms with Crippen LogP contribution in [0.4, 0.5) is 11.4 Å². The number of pyridine rings is 1. The lowest BCUT2D eigenvalue weighted by molar-refractivity contribution is -0.384. The van der Waals surface area contributed by atoms with E-state index in [9.17, 15) is 10.1 Å². The Morgan fingerprint density at radius 1 is 1.57 bits per heavy atom. The Labute approximate surface area is 144 Å². The van der Waals surface area contributed by atoms with Gasteiger partial charge in [-0.3, -0.25) is 10.1 Å². The van der Waals surface area contributed by atoms with Gasteiger partial charge in [0.15, 0.2) is 6.29 Å². The molecule has 7 nitrogen and oxygen atoms in total. The first-order valence-corrected chi connectivity index (χ1v) is 8.48. The van der Waals surface area contributed by atoms with Crippen molar-refractivity contribution in [1.82, 2.24) is 4.98 Å². The van der Waals surface area contributed by atoms with Crippen LogP contribution in [0.2, 0.25) is 0 Å². The smallest absolute Gasteiger partial charge is 0.310 e. The van der Waals surface area contributed by atoms with E-state index in [0.717, 1.165) is 25.9 Å². The first kappa shape index (κ1) is 18.1. The summed E-state index contributed by atoms with van der Waals surface area (Å²) in [6, 6.07) is 1.62. The molecule has 1 aromatic heterocycles. The number of hydrogen-bond acceptors (Lipinski definition) is 6. The van der Waals surface area contributed by atoms with Gasteiger partial charge in [-0.2, -0.15) is 0 Å². The minimum absolute atomic E-state index is 0.0437. The number of hydrogen-bond donors (Lipinski definition) is 1. The molecule has 0 spiro atoms. The van der Waals surface area contributed by atoms with Gasteiger partial charge in [0, 0.05) is 18.2 Å². The van der Waals surface area contributed by atoms with Crippen molar-refractivity contribution in [3.8, 4) is 0 Å². The summed E-state index contributed by atoms with van der Waals surface area (Å²) in [6.45, 7) is 5.25. The van der Waals surface area contributed by atoms with Gasteiger partial charge >= 0.3 is 5.69 Å². The molecule has 2 heterocycles. The molecule has 0 saturated carbocycles. The molecule has 0 amide bonds. The first-order chi connectivity index (χ1) is 10.9. The minimum atomic E-state index is -0.440. The van der Waals surface area contributed by atoms with E-state index in [1.165, 1.54) is 6.20 Å². The molecule has 8 heteroatoms. The lowest BCUT2D eigenvalue weighted by Crippen LogP contribution is -2.34. The van der Waals surface area contributed by atoms with E-state index < -0.39 is 4.92 Å². The van der Waals surface area contributed by atoms with Gasteiger partial charge in [-0.25, -0.2) is 4.98 Å². The van der Waals surface area contributed by atoms with Crippen LogP contribution in [0.1, 0.15) is 39.5 Å². The Morgan fingerprint density at radius 2 is 2.35 bits per heavy atom. The van der Waals surface area contributed by atoms with Gasteiger partial charge in [-0.05, 0) is 55.5 Å². The Balaban J connectivity index is 1.92. The maximum absolute atomic E-state index is 11.1. The minimum Gasteiger partial charge on any atom is -0.374 e. The molecule has 0 aromatic carbocycles. The van der Waals surface area contributed by atoms with Gasteiger partial charge in [-0.1, -0.05) is 0 Å². The molecule has 1 aliphatic rings. The fraction of sp³-hybridized carbons (Fsp3) is 0.667. The summed E-state index contributed by atoms with van der Waals surface area (Å²) in [4.78, 5) is 14.6. The van der Waals surface area contributed by atoms with Crippen LogP contribution in [0.25, 0.3) is 0 Å². The Morgan fingerprint density at radius 3 is 3.00 bits per heavy atom. The number of nitrogens with zero attached hydrogens (tertiary/aromatic N) is 2. The van der Waals surface area contributed by atoms with E-state index in [4.69, 9.17) is 9.47 Å². The summed E-state index contributed by atoms with van der Waals surface area (Å²) in [5, 5.41) is 14.3. The van der Waals surface area contributed by atoms with E-state index >= 15 is 0 Å². The molecule has 1 unspecified atom stereocenters. The van der Waals surface area contributed by atoms with Crippen LogP contribution in [0, 0.1) is 10.1 Å². The molecule has 1 aliphatic heterocycles. The summed E-state index contributed by atoms with van der Waals surface area (Å²) in [6.07, 6.45) is 4.97. The Hall–Kier alpha value is -1.25. The van der Waals surface area contributed by atoms with Crippen molar-refractivity contribution in [2.24, 2.45) is 0 Å². The summed E-state index contributed by atoms with van der Waals surface area (Å²) in [5.74, 6) is 0. The van der Waals surface area contributed by atoms with Crippen molar-refractivity contribution < 1.29 is 14.4 Å². The number of aromatic nitrogens is 1. The summed E-state index contributed by atoms with van der Waals surface area (Å²) in [5.41, 5.74) is 0.0360. The zero-order chi connectivity index (χ0) is 16.9. The number of anilines is 1. The highest BCUT2D eigenvalue weighted by molar-refractivity contribution is 9.10. The topological polar surface area (TPSA) is 86.5 Å². The van der Waals surface area contributed by atoms with Crippen LogP contribution < -0.4 is 5.32 Å². The Bertz CT molecular complexity index is 548. The highest BCUT2D eigenvalue weighted by atomic mass is 79.9. The van der Waals surface area contributed by atoms with Crippen LogP contribution in [0.3, 0.4) is 0 Å². The van der Waals surface area contributed by atoms with Crippen molar-refractivity contribution in [3.63, 3.8) is 0 Å². The fourth-order valence-electron chi connectivity index (χ4n) is 2.38. The van der Waals surface area contributed by atoms with E-state index in [1.54, 1.807) is 6.07 Å². The van der Waals surface area contributed by atoms with E-state index in [2.05, 4.69) is 26.2 Å². The predicted molar refractivity (Wildman–Crippen MR) is 90.5 cm³/mol. The molecular formula is C15H22BrN3O4. The first-order valence-electron chi connectivity index (χ1n) is 7.69. The quantitative estimate of drug-likeness (QED) is 0.434. The number of halogens is 1. The molecule has 1 fully saturated rings. The molecule has 128 valence electrons. The average molecular weight is 388 g/mol. The van der Waals surface area contributed by atoms with Gasteiger partial charge in [0.05, 0.1) is 11.5 Å². The molecule has 0 radical (unpaired) electrons. The van der Waals surface area contributed by atoms with Crippen molar-refractivity contribution >= 4 is 27.3 Å². The number of ether oxygens (including phenoxy) is 2. The molecular weight excluding hydrogens is 366 g/mol. The monoisotopic (exact) mass is 387 g/mol. The zero-order valence-electron chi connectivity index (χ0n) is 13.4. The third-order valence-corrected chi connectivity index (χ3v) is 4.12. The second kappa shape index (κ2) is 8.03. The largest absolute Gasteiger partial charge is 0.374 e. The molecule has 0 bridgehead atoms. The molecule has 23 heavy (non-hydrogen) atoms. The van der Waals surface area contributed by atoms with Crippen molar-refractivity contribution in [2.45, 2.75) is 51.4 Å². The number of nitrogens with one attached hydrogen (secondary N) is 1. The average Bonchev–Trinajstić information content (AvgIpc) is 2.47.